The van der Waals surface area contributed by atoms with Gasteiger partial charge in [0.25, 0.3) is 0 Å². The molecule has 0 N–H and O–H groups in total. The number of sulfonamides is 1. The van der Waals surface area contributed by atoms with Crippen LogP contribution in [0.5, 0.6) is 5.75 Å². The predicted molar refractivity (Wildman–Crippen MR) is 145 cm³/mol. The molecular weight excluding hydrogens is 510 g/mol. The maximum atomic E-state index is 13.8. The van der Waals surface area contributed by atoms with Crippen LogP contribution in [-0.2, 0) is 26.0 Å². The van der Waals surface area contributed by atoms with Gasteiger partial charge in [0.2, 0.25) is 15.9 Å². The van der Waals surface area contributed by atoms with Crippen molar-refractivity contribution < 1.29 is 22.7 Å². The number of hydrogen-bond acceptors (Lipinski definition) is 7. The smallest absolute Gasteiger partial charge is 0.243 e. The van der Waals surface area contributed by atoms with Crippen molar-refractivity contribution in [2.45, 2.75) is 50.0 Å². The Bertz CT molecular complexity index is 1340. The maximum Gasteiger partial charge on any atom is 0.243 e. The fourth-order valence-corrected chi connectivity index (χ4v) is 7.52. The lowest BCUT2D eigenvalue weighted by Gasteiger charge is -2.33. The molecule has 0 spiro atoms. The standard InChI is InChI=1S/C27H33N3O5S2/c1-3-19-6-11-24-25(17-19)36-27(28-24)30(18-22-5-4-16-35-22)26(31)20-12-14-29(15-13-20)37(32,33)23-9-7-21(34-2)8-10-23/h6-11,17,20,22H,3-5,12-16,18H2,1-2H3. The molecule has 3 heterocycles. The first-order valence-electron chi connectivity index (χ1n) is 12.9. The first-order valence-corrected chi connectivity index (χ1v) is 15.1. The fourth-order valence-electron chi connectivity index (χ4n) is 5.01. The molecule has 0 aliphatic carbocycles. The number of piperidine rings is 1. The molecule has 3 aromatic rings. The molecule has 5 rings (SSSR count). The molecule has 2 fully saturated rings. The number of methoxy groups -OCH3 is 1. The molecule has 198 valence electrons. The van der Waals surface area contributed by atoms with E-state index >= 15 is 0 Å². The van der Waals surface area contributed by atoms with E-state index in [-0.39, 0.29) is 22.8 Å². The highest BCUT2D eigenvalue weighted by Crippen LogP contribution is 2.33. The first-order chi connectivity index (χ1) is 17.9. The number of thiazole rings is 1. The van der Waals surface area contributed by atoms with Gasteiger partial charge in [0.15, 0.2) is 5.13 Å². The highest BCUT2D eigenvalue weighted by molar-refractivity contribution is 7.89. The number of ether oxygens (including phenoxy) is 2. The van der Waals surface area contributed by atoms with Gasteiger partial charge in [-0.25, -0.2) is 13.4 Å². The van der Waals surface area contributed by atoms with Crippen LogP contribution >= 0.6 is 11.3 Å². The third-order valence-corrected chi connectivity index (χ3v) is 10.2. The van der Waals surface area contributed by atoms with Crippen LogP contribution in [0.4, 0.5) is 5.13 Å². The predicted octanol–water partition coefficient (Wildman–Crippen LogP) is 4.48. The number of nitrogens with zero attached hydrogens (tertiary/aromatic N) is 3. The third-order valence-electron chi connectivity index (χ3n) is 7.26. The molecule has 37 heavy (non-hydrogen) atoms. The lowest BCUT2D eigenvalue weighted by Crippen LogP contribution is -2.46. The lowest BCUT2D eigenvalue weighted by atomic mass is 9.96. The Hall–Kier alpha value is -2.53. The molecule has 2 aliphatic heterocycles. The summed E-state index contributed by atoms with van der Waals surface area (Å²) in [5, 5.41) is 0.692. The van der Waals surface area contributed by atoms with Gasteiger partial charge in [0.05, 0.1) is 34.9 Å². The zero-order valence-corrected chi connectivity index (χ0v) is 22.9. The van der Waals surface area contributed by atoms with E-state index in [1.807, 2.05) is 6.07 Å². The zero-order valence-electron chi connectivity index (χ0n) is 21.3. The Kier molecular flexibility index (Phi) is 7.80. The van der Waals surface area contributed by atoms with E-state index in [0.717, 1.165) is 29.5 Å². The molecule has 1 unspecified atom stereocenters. The topological polar surface area (TPSA) is 89.0 Å². The van der Waals surface area contributed by atoms with Crippen molar-refractivity contribution in [3.63, 3.8) is 0 Å². The van der Waals surface area contributed by atoms with Crippen molar-refractivity contribution >= 4 is 42.6 Å². The minimum atomic E-state index is -3.63. The molecule has 2 aromatic carbocycles. The zero-order chi connectivity index (χ0) is 26.0. The maximum absolute atomic E-state index is 13.8. The van der Waals surface area contributed by atoms with E-state index in [1.54, 1.807) is 36.3 Å². The average Bonchev–Trinajstić information content (AvgIpc) is 3.60. The number of anilines is 1. The molecule has 10 heteroatoms. The monoisotopic (exact) mass is 543 g/mol. The van der Waals surface area contributed by atoms with E-state index in [2.05, 4.69) is 19.1 Å². The number of aromatic nitrogens is 1. The molecule has 1 amide bonds. The Morgan fingerprint density at radius 3 is 2.57 bits per heavy atom. The van der Waals surface area contributed by atoms with Crippen molar-refractivity contribution in [2.24, 2.45) is 5.92 Å². The molecule has 2 saturated heterocycles. The summed E-state index contributed by atoms with van der Waals surface area (Å²) in [5.74, 6) is 0.351. The molecular formula is C27H33N3O5S2. The molecule has 0 saturated carbocycles. The number of carbonyl (C=O) groups excluding carboxylic acids is 1. The number of benzene rings is 2. The van der Waals surface area contributed by atoms with Gasteiger partial charge >= 0.3 is 0 Å². The molecule has 1 atom stereocenters. The van der Waals surface area contributed by atoms with Gasteiger partial charge in [0.1, 0.15) is 5.75 Å². The van der Waals surface area contributed by atoms with Crippen LogP contribution in [0.2, 0.25) is 0 Å². The van der Waals surface area contributed by atoms with E-state index < -0.39 is 10.0 Å². The van der Waals surface area contributed by atoms with Crippen LogP contribution in [0.25, 0.3) is 10.2 Å². The summed E-state index contributed by atoms with van der Waals surface area (Å²) in [6.07, 6.45) is 3.81. The van der Waals surface area contributed by atoms with Gasteiger partial charge in [-0.3, -0.25) is 9.69 Å². The molecule has 8 nitrogen and oxygen atoms in total. The SMILES string of the molecule is CCc1ccc2nc(N(CC3CCCO3)C(=O)C3CCN(S(=O)(=O)c4ccc(OC)cc4)CC3)sc2c1. The van der Waals surface area contributed by atoms with Gasteiger partial charge in [-0.05, 0) is 74.1 Å². The molecule has 0 radical (unpaired) electrons. The number of fused-ring (bicyclic) bond motifs is 1. The Balaban J connectivity index is 1.32. The number of hydrogen-bond donors (Lipinski definition) is 0. The summed E-state index contributed by atoms with van der Waals surface area (Å²) >= 11 is 1.54. The second kappa shape index (κ2) is 11.1. The van der Waals surface area contributed by atoms with Gasteiger partial charge in [-0.2, -0.15) is 4.31 Å². The third kappa shape index (κ3) is 5.52. The molecule has 2 aliphatic rings. The van der Waals surface area contributed by atoms with Crippen LogP contribution in [-0.4, -0.2) is 63.1 Å². The highest BCUT2D eigenvalue weighted by atomic mass is 32.2. The Labute approximate surface area is 222 Å². The Morgan fingerprint density at radius 1 is 1.16 bits per heavy atom. The summed E-state index contributed by atoms with van der Waals surface area (Å²) in [6, 6.07) is 12.7. The first kappa shape index (κ1) is 26.1. The van der Waals surface area contributed by atoms with Gasteiger partial charge in [0, 0.05) is 25.6 Å². The summed E-state index contributed by atoms with van der Waals surface area (Å²) in [6.45, 7) is 3.92. The van der Waals surface area contributed by atoms with Crippen LogP contribution in [0, 0.1) is 5.92 Å². The second-order valence-corrected chi connectivity index (χ2v) is 12.5. The van der Waals surface area contributed by atoms with Crippen LogP contribution in [0.1, 0.15) is 38.2 Å². The normalized spacial score (nSPS) is 19.4. The van der Waals surface area contributed by atoms with E-state index in [0.29, 0.717) is 50.0 Å². The fraction of sp³-hybridized carbons (Fsp3) is 0.481. The number of aryl methyl sites for hydroxylation is 1. The van der Waals surface area contributed by atoms with Crippen LogP contribution in [0.3, 0.4) is 0 Å². The minimum Gasteiger partial charge on any atom is -0.497 e. The Morgan fingerprint density at radius 2 is 1.92 bits per heavy atom. The van der Waals surface area contributed by atoms with Crippen LogP contribution in [0.15, 0.2) is 47.4 Å². The largest absolute Gasteiger partial charge is 0.497 e. The van der Waals surface area contributed by atoms with E-state index in [4.69, 9.17) is 14.5 Å². The highest BCUT2D eigenvalue weighted by Gasteiger charge is 2.36. The molecule has 1 aromatic heterocycles. The number of amides is 1. The van der Waals surface area contributed by atoms with Crippen molar-refractivity contribution in [3.8, 4) is 5.75 Å². The second-order valence-electron chi connectivity index (χ2n) is 9.59. The minimum absolute atomic E-state index is 0.00213. The number of carbonyl (C=O) groups is 1. The van der Waals surface area contributed by atoms with Crippen molar-refractivity contribution in [2.75, 3.05) is 38.3 Å². The molecule has 0 bridgehead atoms. The summed E-state index contributed by atoms with van der Waals surface area (Å²) < 4.78 is 39.9. The quantitative estimate of drug-likeness (QED) is 0.416. The summed E-state index contributed by atoms with van der Waals surface area (Å²) in [5.41, 5.74) is 2.13. The van der Waals surface area contributed by atoms with Crippen LogP contribution < -0.4 is 9.64 Å². The number of rotatable bonds is 8. The summed E-state index contributed by atoms with van der Waals surface area (Å²) in [7, 11) is -2.08. The van der Waals surface area contributed by atoms with Gasteiger partial charge in [-0.1, -0.05) is 24.3 Å². The van der Waals surface area contributed by atoms with Crippen molar-refractivity contribution in [1.82, 2.24) is 9.29 Å². The summed E-state index contributed by atoms with van der Waals surface area (Å²) in [4.78, 5) is 20.7. The van der Waals surface area contributed by atoms with E-state index in [1.165, 1.54) is 21.2 Å². The van der Waals surface area contributed by atoms with Crippen molar-refractivity contribution in [3.05, 3.63) is 48.0 Å². The average molecular weight is 544 g/mol. The van der Waals surface area contributed by atoms with Gasteiger partial charge in [-0.15, -0.1) is 0 Å². The van der Waals surface area contributed by atoms with E-state index in [9.17, 15) is 13.2 Å². The lowest BCUT2D eigenvalue weighted by molar-refractivity contribution is -0.123. The van der Waals surface area contributed by atoms with Gasteiger partial charge < -0.3 is 9.47 Å². The van der Waals surface area contributed by atoms with Crippen molar-refractivity contribution in [1.29, 1.82) is 0 Å².